The first kappa shape index (κ1) is 21.7. The number of sulfonamides is 1. The Kier molecular flexibility index (Phi) is 7.04. The molecular weight excluding hydrogens is 380 g/mol. The Morgan fingerprint density at radius 2 is 1.57 bits per heavy atom. The van der Waals surface area contributed by atoms with Crippen molar-refractivity contribution in [3.8, 4) is 11.5 Å². The zero-order valence-corrected chi connectivity index (χ0v) is 17.6. The fourth-order valence-electron chi connectivity index (χ4n) is 2.63. The van der Waals surface area contributed by atoms with Crippen LogP contribution in [0.3, 0.4) is 0 Å². The van der Waals surface area contributed by atoms with Gasteiger partial charge in [0.1, 0.15) is 0 Å². The lowest BCUT2D eigenvalue weighted by molar-refractivity contribution is -0.130. The maximum absolute atomic E-state index is 12.6. The number of carbonyl (C=O) groups excluding carboxylic acids is 1. The fraction of sp³-hybridized carbons (Fsp3) is 0.350. The Hall–Kier alpha value is -2.58. The van der Waals surface area contributed by atoms with Crippen LogP contribution in [0.4, 0.5) is 0 Å². The number of carbonyl (C=O) groups is 1. The number of hydrogen-bond donors (Lipinski definition) is 0. The molecule has 2 aromatic rings. The molecule has 0 aromatic heterocycles. The predicted octanol–water partition coefficient (Wildman–Crippen LogP) is 2.29. The first-order valence-corrected chi connectivity index (χ1v) is 10.1. The number of benzene rings is 2. The third-order valence-electron chi connectivity index (χ3n) is 4.38. The Morgan fingerprint density at radius 3 is 2.14 bits per heavy atom. The SMILES string of the molecule is COc1ccc(CN(C)C(=O)CN(C)S(=O)(=O)c2ccc(C)cc2)cc1OC. The molecule has 0 saturated heterocycles. The summed E-state index contributed by atoms with van der Waals surface area (Å²) in [5.41, 5.74) is 1.81. The van der Waals surface area contributed by atoms with Gasteiger partial charge in [-0.15, -0.1) is 0 Å². The van der Waals surface area contributed by atoms with Crippen LogP contribution in [0.25, 0.3) is 0 Å². The highest BCUT2D eigenvalue weighted by molar-refractivity contribution is 7.89. The van der Waals surface area contributed by atoms with Crippen LogP contribution in [0.5, 0.6) is 11.5 Å². The summed E-state index contributed by atoms with van der Waals surface area (Å²) < 4.78 is 36.8. The lowest BCUT2D eigenvalue weighted by atomic mass is 10.2. The molecule has 0 unspecified atom stereocenters. The van der Waals surface area contributed by atoms with E-state index in [1.54, 1.807) is 57.7 Å². The van der Waals surface area contributed by atoms with Gasteiger partial charge >= 0.3 is 0 Å². The first-order valence-electron chi connectivity index (χ1n) is 8.67. The van der Waals surface area contributed by atoms with E-state index in [2.05, 4.69) is 0 Å². The molecule has 7 nitrogen and oxygen atoms in total. The first-order chi connectivity index (χ1) is 13.2. The summed E-state index contributed by atoms with van der Waals surface area (Å²) in [6.45, 7) is 1.95. The van der Waals surface area contributed by atoms with Gasteiger partial charge in [0.05, 0.1) is 25.7 Å². The van der Waals surface area contributed by atoms with Gasteiger partial charge in [0.15, 0.2) is 11.5 Å². The molecule has 0 saturated carbocycles. The minimum atomic E-state index is -3.73. The number of likely N-dealkylation sites (N-methyl/N-ethyl adjacent to an activating group) is 2. The van der Waals surface area contributed by atoms with Crippen molar-refractivity contribution in [2.75, 3.05) is 34.9 Å². The Balaban J connectivity index is 2.06. The molecule has 0 aliphatic carbocycles. The van der Waals surface area contributed by atoms with Crippen LogP contribution in [0.15, 0.2) is 47.4 Å². The van der Waals surface area contributed by atoms with Gasteiger partial charge in [-0.3, -0.25) is 4.79 Å². The van der Waals surface area contributed by atoms with Gasteiger partial charge in [-0.25, -0.2) is 8.42 Å². The van der Waals surface area contributed by atoms with E-state index in [4.69, 9.17) is 9.47 Å². The van der Waals surface area contributed by atoms with Gasteiger partial charge in [0, 0.05) is 20.6 Å². The van der Waals surface area contributed by atoms with Crippen molar-refractivity contribution in [3.63, 3.8) is 0 Å². The third kappa shape index (κ3) is 5.02. The molecule has 0 heterocycles. The summed E-state index contributed by atoms with van der Waals surface area (Å²) in [6.07, 6.45) is 0. The van der Waals surface area contributed by atoms with Crippen molar-refractivity contribution in [2.24, 2.45) is 0 Å². The number of ether oxygens (including phenoxy) is 2. The van der Waals surface area contributed by atoms with E-state index in [9.17, 15) is 13.2 Å². The zero-order valence-electron chi connectivity index (χ0n) is 16.8. The standard InChI is InChI=1S/C20H26N2O5S/c1-15-6-9-17(10-7-15)28(24,25)22(3)14-20(23)21(2)13-16-8-11-18(26-4)19(12-16)27-5/h6-12H,13-14H2,1-5H3. The van der Waals surface area contributed by atoms with E-state index in [-0.39, 0.29) is 17.3 Å². The largest absolute Gasteiger partial charge is 0.493 e. The highest BCUT2D eigenvalue weighted by Crippen LogP contribution is 2.28. The number of rotatable bonds is 8. The monoisotopic (exact) mass is 406 g/mol. The van der Waals surface area contributed by atoms with Crippen LogP contribution in [0.1, 0.15) is 11.1 Å². The number of aryl methyl sites for hydroxylation is 1. The predicted molar refractivity (Wildman–Crippen MR) is 107 cm³/mol. The van der Waals surface area contributed by atoms with Gasteiger partial charge in [-0.2, -0.15) is 4.31 Å². The molecular formula is C20H26N2O5S. The molecule has 1 amide bonds. The van der Waals surface area contributed by atoms with E-state index in [1.807, 2.05) is 13.0 Å². The number of methoxy groups -OCH3 is 2. The minimum absolute atomic E-state index is 0.163. The van der Waals surface area contributed by atoms with Crippen LogP contribution >= 0.6 is 0 Å². The second-order valence-electron chi connectivity index (χ2n) is 6.51. The number of amides is 1. The summed E-state index contributed by atoms with van der Waals surface area (Å²) in [5.74, 6) is 0.858. The lowest BCUT2D eigenvalue weighted by Gasteiger charge is -2.22. The molecule has 0 atom stereocenters. The summed E-state index contributed by atoms with van der Waals surface area (Å²) in [7, 11) is 2.40. The molecule has 0 aliphatic rings. The maximum atomic E-state index is 12.6. The molecule has 0 bridgehead atoms. The van der Waals surface area contributed by atoms with Crippen LogP contribution < -0.4 is 9.47 Å². The van der Waals surface area contributed by atoms with E-state index < -0.39 is 10.0 Å². The molecule has 0 aliphatic heterocycles. The van der Waals surface area contributed by atoms with Crippen molar-refractivity contribution in [3.05, 3.63) is 53.6 Å². The highest BCUT2D eigenvalue weighted by Gasteiger charge is 2.24. The molecule has 0 spiro atoms. The normalized spacial score (nSPS) is 11.4. The van der Waals surface area contributed by atoms with Crippen molar-refractivity contribution >= 4 is 15.9 Å². The quantitative estimate of drug-likeness (QED) is 0.672. The Labute approximate surface area is 166 Å². The van der Waals surface area contributed by atoms with Crippen molar-refractivity contribution in [1.29, 1.82) is 0 Å². The molecule has 2 rings (SSSR count). The fourth-order valence-corrected chi connectivity index (χ4v) is 3.75. The molecule has 0 N–H and O–H groups in total. The van der Waals surface area contributed by atoms with Gasteiger partial charge in [-0.1, -0.05) is 23.8 Å². The molecule has 28 heavy (non-hydrogen) atoms. The lowest BCUT2D eigenvalue weighted by Crippen LogP contribution is -2.39. The smallest absolute Gasteiger partial charge is 0.243 e. The summed E-state index contributed by atoms with van der Waals surface area (Å²) in [5, 5.41) is 0. The van der Waals surface area contributed by atoms with Crippen LogP contribution in [0, 0.1) is 6.92 Å². The second-order valence-corrected chi connectivity index (χ2v) is 8.56. The average molecular weight is 407 g/mol. The molecule has 8 heteroatoms. The highest BCUT2D eigenvalue weighted by atomic mass is 32.2. The number of nitrogens with zero attached hydrogens (tertiary/aromatic N) is 2. The number of hydrogen-bond acceptors (Lipinski definition) is 5. The van der Waals surface area contributed by atoms with Crippen molar-refractivity contribution < 1.29 is 22.7 Å². The van der Waals surface area contributed by atoms with Gasteiger partial charge in [0.25, 0.3) is 0 Å². The molecule has 152 valence electrons. The van der Waals surface area contributed by atoms with E-state index in [1.165, 1.54) is 11.9 Å². The van der Waals surface area contributed by atoms with Gasteiger partial charge in [-0.05, 0) is 36.8 Å². The third-order valence-corrected chi connectivity index (χ3v) is 6.20. The van der Waals surface area contributed by atoms with Crippen LogP contribution in [-0.2, 0) is 21.4 Å². The van der Waals surface area contributed by atoms with Crippen LogP contribution in [0.2, 0.25) is 0 Å². The van der Waals surface area contributed by atoms with Gasteiger partial charge < -0.3 is 14.4 Å². The summed E-state index contributed by atoms with van der Waals surface area (Å²) >= 11 is 0. The summed E-state index contributed by atoms with van der Waals surface area (Å²) in [6, 6.07) is 11.9. The average Bonchev–Trinajstić information content (AvgIpc) is 2.67. The second kappa shape index (κ2) is 9.07. The topological polar surface area (TPSA) is 76.2 Å². The molecule has 0 fully saturated rings. The molecule has 2 aromatic carbocycles. The van der Waals surface area contributed by atoms with Crippen LogP contribution in [-0.4, -0.2) is 58.4 Å². The van der Waals surface area contributed by atoms with E-state index in [0.29, 0.717) is 18.0 Å². The Bertz CT molecular complexity index is 926. The maximum Gasteiger partial charge on any atom is 0.243 e. The van der Waals surface area contributed by atoms with Crippen molar-refractivity contribution in [1.82, 2.24) is 9.21 Å². The Morgan fingerprint density at radius 1 is 0.964 bits per heavy atom. The molecule has 0 radical (unpaired) electrons. The van der Waals surface area contributed by atoms with E-state index >= 15 is 0 Å². The van der Waals surface area contributed by atoms with Crippen molar-refractivity contribution in [2.45, 2.75) is 18.4 Å². The summed E-state index contributed by atoms with van der Waals surface area (Å²) in [4.78, 5) is 14.2. The zero-order chi connectivity index (χ0) is 20.9. The van der Waals surface area contributed by atoms with E-state index in [0.717, 1.165) is 15.4 Å². The van der Waals surface area contributed by atoms with Gasteiger partial charge in [0.2, 0.25) is 15.9 Å². The minimum Gasteiger partial charge on any atom is -0.493 e.